The lowest BCUT2D eigenvalue weighted by Crippen LogP contribution is -2.27. The zero-order chi connectivity index (χ0) is 11.0. The SMILES string of the molecule is Cc1cncc(C2=C[C@@H]3NCC[C@@H]3CC2)c1. The van der Waals surface area contributed by atoms with Gasteiger partial charge in [-0.1, -0.05) is 6.08 Å². The lowest BCUT2D eigenvalue weighted by atomic mass is 9.84. The predicted octanol–water partition coefficient (Wildman–Crippen LogP) is 2.55. The molecule has 0 bridgehead atoms. The number of nitrogens with zero attached hydrogens (tertiary/aromatic N) is 1. The third-order valence-corrected chi connectivity index (χ3v) is 3.81. The summed E-state index contributed by atoms with van der Waals surface area (Å²) in [7, 11) is 0. The fraction of sp³-hybridized carbons (Fsp3) is 0.500. The van der Waals surface area contributed by atoms with Crippen LogP contribution >= 0.6 is 0 Å². The molecule has 2 nitrogen and oxygen atoms in total. The van der Waals surface area contributed by atoms with Crippen molar-refractivity contribution in [3.8, 4) is 0 Å². The highest BCUT2D eigenvalue weighted by atomic mass is 14.9. The molecule has 1 aromatic heterocycles. The van der Waals surface area contributed by atoms with E-state index in [0.29, 0.717) is 6.04 Å². The Morgan fingerprint density at radius 3 is 3.12 bits per heavy atom. The van der Waals surface area contributed by atoms with E-state index in [1.54, 1.807) is 0 Å². The molecule has 84 valence electrons. The van der Waals surface area contributed by atoms with E-state index in [1.807, 2.05) is 12.4 Å². The van der Waals surface area contributed by atoms with Gasteiger partial charge < -0.3 is 5.32 Å². The molecule has 1 aliphatic carbocycles. The molecule has 0 unspecified atom stereocenters. The molecule has 1 saturated heterocycles. The van der Waals surface area contributed by atoms with Gasteiger partial charge in [-0.25, -0.2) is 0 Å². The molecule has 2 atom stereocenters. The van der Waals surface area contributed by atoms with Crippen molar-refractivity contribution in [1.29, 1.82) is 0 Å². The maximum absolute atomic E-state index is 4.28. The summed E-state index contributed by atoms with van der Waals surface area (Å²) in [4.78, 5) is 4.28. The van der Waals surface area contributed by atoms with Gasteiger partial charge in [-0.3, -0.25) is 4.98 Å². The second-order valence-corrected chi connectivity index (χ2v) is 5.01. The second-order valence-electron chi connectivity index (χ2n) is 5.01. The number of aryl methyl sites for hydroxylation is 1. The molecule has 2 aliphatic rings. The van der Waals surface area contributed by atoms with Crippen LogP contribution in [0.5, 0.6) is 0 Å². The second kappa shape index (κ2) is 4.02. The fourth-order valence-corrected chi connectivity index (χ4v) is 2.91. The Labute approximate surface area is 96.8 Å². The molecule has 0 aromatic carbocycles. The molecule has 16 heavy (non-hydrogen) atoms. The van der Waals surface area contributed by atoms with Gasteiger partial charge in [0.1, 0.15) is 0 Å². The van der Waals surface area contributed by atoms with Crippen LogP contribution in [0.3, 0.4) is 0 Å². The van der Waals surface area contributed by atoms with E-state index < -0.39 is 0 Å². The Kier molecular flexibility index (Phi) is 2.52. The van der Waals surface area contributed by atoms with Crippen molar-refractivity contribution in [2.75, 3.05) is 6.54 Å². The van der Waals surface area contributed by atoms with Crippen LogP contribution in [-0.4, -0.2) is 17.6 Å². The number of fused-ring (bicyclic) bond motifs is 1. The van der Waals surface area contributed by atoms with E-state index >= 15 is 0 Å². The Balaban J connectivity index is 1.90. The monoisotopic (exact) mass is 214 g/mol. The van der Waals surface area contributed by atoms with Crippen molar-refractivity contribution >= 4 is 5.57 Å². The van der Waals surface area contributed by atoms with Crippen LogP contribution in [0.1, 0.15) is 30.4 Å². The number of allylic oxidation sites excluding steroid dienone is 1. The zero-order valence-electron chi connectivity index (χ0n) is 9.74. The molecule has 1 fully saturated rings. The summed E-state index contributed by atoms with van der Waals surface area (Å²) in [5.74, 6) is 0.876. The highest BCUT2D eigenvalue weighted by Crippen LogP contribution is 2.34. The number of nitrogens with one attached hydrogen (secondary N) is 1. The maximum Gasteiger partial charge on any atom is 0.0343 e. The van der Waals surface area contributed by atoms with Crippen molar-refractivity contribution in [2.45, 2.75) is 32.2 Å². The lowest BCUT2D eigenvalue weighted by Gasteiger charge is -2.24. The number of rotatable bonds is 1. The molecule has 0 amide bonds. The van der Waals surface area contributed by atoms with Gasteiger partial charge in [0.25, 0.3) is 0 Å². The summed E-state index contributed by atoms with van der Waals surface area (Å²) in [6, 6.07) is 2.86. The van der Waals surface area contributed by atoms with Crippen LogP contribution in [0, 0.1) is 12.8 Å². The largest absolute Gasteiger partial charge is 0.310 e. The molecule has 0 radical (unpaired) electrons. The number of aromatic nitrogens is 1. The molecule has 0 spiro atoms. The minimum absolute atomic E-state index is 0.615. The van der Waals surface area contributed by atoms with Gasteiger partial charge in [0.2, 0.25) is 0 Å². The summed E-state index contributed by atoms with van der Waals surface area (Å²) in [6.45, 7) is 3.29. The molecule has 1 aromatic rings. The van der Waals surface area contributed by atoms with Gasteiger partial charge in [-0.2, -0.15) is 0 Å². The molecular formula is C14H18N2. The first-order valence-electron chi connectivity index (χ1n) is 6.19. The average molecular weight is 214 g/mol. The van der Waals surface area contributed by atoms with Crippen LogP contribution in [0.25, 0.3) is 5.57 Å². The first-order chi connectivity index (χ1) is 7.83. The van der Waals surface area contributed by atoms with Crippen LogP contribution in [0.4, 0.5) is 0 Å². The molecule has 1 aliphatic heterocycles. The summed E-state index contributed by atoms with van der Waals surface area (Å²) in [5, 5.41) is 3.58. The smallest absolute Gasteiger partial charge is 0.0343 e. The number of hydrogen-bond donors (Lipinski definition) is 1. The molecular weight excluding hydrogens is 196 g/mol. The van der Waals surface area contributed by atoms with E-state index in [1.165, 1.54) is 42.5 Å². The van der Waals surface area contributed by atoms with E-state index in [-0.39, 0.29) is 0 Å². The minimum Gasteiger partial charge on any atom is -0.310 e. The first-order valence-corrected chi connectivity index (χ1v) is 6.19. The number of hydrogen-bond acceptors (Lipinski definition) is 2. The van der Waals surface area contributed by atoms with Gasteiger partial charge in [-0.15, -0.1) is 0 Å². The molecule has 2 heteroatoms. The van der Waals surface area contributed by atoms with Gasteiger partial charge in [0.05, 0.1) is 0 Å². The first kappa shape index (κ1) is 10.0. The van der Waals surface area contributed by atoms with E-state index in [9.17, 15) is 0 Å². The van der Waals surface area contributed by atoms with Crippen LogP contribution < -0.4 is 5.32 Å². The van der Waals surface area contributed by atoms with Crippen LogP contribution in [-0.2, 0) is 0 Å². The van der Waals surface area contributed by atoms with Gasteiger partial charge in [0.15, 0.2) is 0 Å². The average Bonchev–Trinajstić information content (AvgIpc) is 2.75. The Morgan fingerprint density at radius 1 is 1.31 bits per heavy atom. The van der Waals surface area contributed by atoms with Crippen LogP contribution in [0.15, 0.2) is 24.5 Å². The van der Waals surface area contributed by atoms with Crippen molar-refractivity contribution in [3.05, 3.63) is 35.7 Å². The van der Waals surface area contributed by atoms with Crippen LogP contribution in [0.2, 0.25) is 0 Å². The quantitative estimate of drug-likeness (QED) is 0.777. The van der Waals surface area contributed by atoms with E-state index in [4.69, 9.17) is 0 Å². The Hall–Kier alpha value is -1.15. The third kappa shape index (κ3) is 1.78. The molecule has 3 rings (SSSR count). The van der Waals surface area contributed by atoms with Gasteiger partial charge in [0, 0.05) is 18.4 Å². The Morgan fingerprint density at radius 2 is 2.25 bits per heavy atom. The molecule has 1 N–H and O–H groups in total. The standard InChI is InChI=1S/C14H18N2/c1-10-6-13(9-15-8-10)12-3-2-11-4-5-16-14(11)7-12/h6-9,11,14,16H,2-5H2,1H3/t11-,14-/m0/s1. The lowest BCUT2D eigenvalue weighted by molar-refractivity contribution is 0.465. The van der Waals surface area contributed by atoms with Crippen molar-refractivity contribution in [3.63, 3.8) is 0 Å². The molecule has 0 saturated carbocycles. The van der Waals surface area contributed by atoms with Crippen molar-refractivity contribution in [1.82, 2.24) is 10.3 Å². The highest BCUT2D eigenvalue weighted by Gasteiger charge is 2.28. The normalized spacial score (nSPS) is 28.7. The maximum atomic E-state index is 4.28. The molecule has 2 heterocycles. The fourth-order valence-electron chi connectivity index (χ4n) is 2.91. The summed E-state index contributed by atoms with van der Waals surface area (Å²) >= 11 is 0. The zero-order valence-corrected chi connectivity index (χ0v) is 9.74. The van der Waals surface area contributed by atoms with Gasteiger partial charge >= 0.3 is 0 Å². The summed E-state index contributed by atoms with van der Waals surface area (Å²) < 4.78 is 0. The summed E-state index contributed by atoms with van der Waals surface area (Å²) in [5.41, 5.74) is 4.04. The summed E-state index contributed by atoms with van der Waals surface area (Å²) in [6.07, 6.45) is 10.2. The Bertz CT molecular complexity index is 422. The highest BCUT2D eigenvalue weighted by molar-refractivity contribution is 5.67. The topological polar surface area (TPSA) is 24.9 Å². The third-order valence-electron chi connectivity index (χ3n) is 3.81. The van der Waals surface area contributed by atoms with E-state index in [0.717, 1.165) is 5.92 Å². The van der Waals surface area contributed by atoms with Crippen molar-refractivity contribution < 1.29 is 0 Å². The van der Waals surface area contributed by atoms with Crippen molar-refractivity contribution in [2.24, 2.45) is 5.92 Å². The number of pyridine rings is 1. The minimum atomic E-state index is 0.615. The predicted molar refractivity (Wildman–Crippen MR) is 66.1 cm³/mol. The van der Waals surface area contributed by atoms with E-state index in [2.05, 4.69) is 29.4 Å². The van der Waals surface area contributed by atoms with Gasteiger partial charge in [-0.05, 0) is 61.4 Å².